The number of likely N-dealkylation sites (tertiary alicyclic amines) is 1. The molecule has 2 N–H and O–H groups in total. The monoisotopic (exact) mass is 279 g/mol. The molecule has 5 unspecified atom stereocenters. The van der Waals surface area contributed by atoms with E-state index in [0.29, 0.717) is 0 Å². The summed E-state index contributed by atoms with van der Waals surface area (Å²) in [5.74, 6) is 1.56. The largest absolute Gasteiger partial charge is 0.329 e. The Morgan fingerprint density at radius 3 is 2.60 bits per heavy atom. The first-order valence-electron chi connectivity index (χ1n) is 8.75. The molecule has 116 valence electrons. The van der Waals surface area contributed by atoms with Gasteiger partial charge in [0.2, 0.25) is 0 Å². The van der Waals surface area contributed by atoms with Gasteiger partial charge in [-0.3, -0.25) is 9.80 Å². The standard InChI is InChI=1S/C17H33N3/c1-13-5-4-9-17(12-18,14(13)2)20-10-8-15-6-7-16(11-20)19(15)3/h13-16H,4-12,18H2,1-3H3. The van der Waals surface area contributed by atoms with Gasteiger partial charge in [-0.05, 0) is 44.6 Å². The van der Waals surface area contributed by atoms with Crippen molar-refractivity contribution in [2.75, 3.05) is 26.7 Å². The molecule has 3 heteroatoms. The maximum atomic E-state index is 6.35. The van der Waals surface area contributed by atoms with E-state index in [1.54, 1.807) is 0 Å². The summed E-state index contributed by atoms with van der Waals surface area (Å²) in [7, 11) is 2.34. The first-order valence-corrected chi connectivity index (χ1v) is 8.75. The number of fused-ring (bicyclic) bond motifs is 2. The average molecular weight is 279 g/mol. The van der Waals surface area contributed by atoms with Gasteiger partial charge < -0.3 is 5.73 Å². The number of hydrogen-bond acceptors (Lipinski definition) is 3. The fraction of sp³-hybridized carbons (Fsp3) is 1.00. The molecule has 3 aliphatic rings. The van der Waals surface area contributed by atoms with Gasteiger partial charge in [-0.15, -0.1) is 0 Å². The first-order chi connectivity index (χ1) is 9.58. The zero-order chi connectivity index (χ0) is 14.3. The Balaban J connectivity index is 1.82. The minimum Gasteiger partial charge on any atom is -0.329 e. The molecule has 2 aliphatic heterocycles. The van der Waals surface area contributed by atoms with E-state index in [9.17, 15) is 0 Å². The molecule has 5 atom stereocenters. The van der Waals surface area contributed by atoms with Crippen molar-refractivity contribution >= 4 is 0 Å². The van der Waals surface area contributed by atoms with Crippen LogP contribution in [0.3, 0.4) is 0 Å². The normalized spacial score (nSPS) is 47.4. The zero-order valence-electron chi connectivity index (χ0n) is 13.6. The lowest BCUT2D eigenvalue weighted by Crippen LogP contribution is -2.62. The van der Waals surface area contributed by atoms with Crippen molar-refractivity contribution < 1.29 is 0 Å². The van der Waals surface area contributed by atoms with Crippen LogP contribution in [-0.4, -0.2) is 54.1 Å². The highest BCUT2D eigenvalue weighted by molar-refractivity contribution is 5.04. The maximum Gasteiger partial charge on any atom is 0.0360 e. The van der Waals surface area contributed by atoms with E-state index in [1.165, 1.54) is 51.6 Å². The molecule has 1 saturated carbocycles. The maximum absolute atomic E-state index is 6.35. The van der Waals surface area contributed by atoms with E-state index in [2.05, 4.69) is 30.7 Å². The minimum absolute atomic E-state index is 0.281. The van der Waals surface area contributed by atoms with Gasteiger partial charge in [0.05, 0.1) is 0 Å². The molecule has 1 aliphatic carbocycles. The minimum atomic E-state index is 0.281. The first kappa shape index (κ1) is 14.8. The van der Waals surface area contributed by atoms with E-state index >= 15 is 0 Å². The van der Waals surface area contributed by atoms with Crippen molar-refractivity contribution in [3.05, 3.63) is 0 Å². The quantitative estimate of drug-likeness (QED) is 0.842. The number of likely N-dealkylation sites (N-methyl/N-ethyl adjacent to an activating group) is 1. The molecule has 2 bridgehead atoms. The van der Waals surface area contributed by atoms with Crippen LogP contribution in [0, 0.1) is 11.8 Å². The summed E-state index contributed by atoms with van der Waals surface area (Å²) in [5, 5.41) is 0. The lowest BCUT2D eigenvalue weighted by molar-refractivity contribution is -0.0153. The SMILES string of the molecule is CC1CCCC(CN)(N2CCC3CCC(C2)N3C)C1C. The summed E-state index contributed by atoms with van der Waals surface area (Å²) < 4.78 is 0. The van der Waals surface area contributed by atoms with E-state index in [0.717, 1.165) is 30.5 Å². The van der Waals surface area contributed by atoms with Gasteiger partial charge in [0.1, 0.15) is 0 Å². The second kappa shape index (κ2) is 5.58. The number of nitrogens with two attached hydrogens (primary N) is 1. The van der Waals surface area contributed by atoms with Crippen molar-refractivity contribution in [3.8, 4) is 0 Å². The average Bonchev–Trinajstić information content (AvgIpc) is 2.67. The predicted octanol–water partition coefficient (Wildman–Crippen LogP) is 2.31. The topological polar surface area (TPSA) is 32.5 Å². The van der Waals surface area contributed by atoms with Crippen molar-refractivity contribution in [2.45, 2.75) is 70.0 Å². The van der Waals surface area contributed by atoms with Crippen LogP contribution in [0.1, 0.15) is 52.4 Å². The van der Waals surface area contributed by atoms with Crippen molar-refractivity contribution in [1.82, 2.24) is 9.80 Å². The molecule has 0 aromatic heterocycles. The molecule has 3 fully saturated rings. The summed E-state index contributed by atoms with van der Waals surface area (Å²) in [5.41, 5.74) is 6.63. The molecule has 2 saturated heterocycles. The highest BCUT2D eigenvalue weighted by Gasteiger charge is 2.47. The Bertz CT molecular complexity index is 345. The highest BCUT2D eigenvalue weighted by Crippen LogP contribution is 2.43. The lowest BCUT2D eigenvalue weighted by atomic mass is 9.67. The van der Waals surface area contributed by atoms with Crippen LogP contribution >= 0.6 is 0 Å². The number of hydrogen-bond donors (Lipinski definition) is 1. The molecule has 0 radical (unpaired) electrons. The van der Waals surface area contributed by atoms with E-state index in [1.807, 2.05) is 0 Å². The molecule has 3 nitrogen and oxygen atoms in total. The second-order valence-corrected chi connectivity index (χ2v) is 7.75. The summed E-state index contributed by atoms with van der Waals surface area (Å²) in [6, 6.07) is 1.60. The van der Waals surface area contributed by atoms with Crippen molar-refractivity contribution in [3.63, 3.8) is 0 Å². The number of nitrogens with zero attached hydrogens (tertiary/aromatic N) is 2. The van der Waals surface area contributed by atoms with Crippen LogP contribution in [-0.2, 0) is 0 Å². The van der Waals surface area contributed by atoms with Gasteiger partial charge in [0, 0.05) is 37.3 Å². The molecule has 0 spiro atoms. The highest BCUT2D eigenvalue weighted by atomic mass is 15.3. The second-order valence-electron chi connectivity index (χ2n) is 7.75. The Labute approximate surface area is 124 Å². The van der Waals surface area contributed by atoms with Crippen LogP contribution < -0.4 is 5.73 Å². The van der Waals surface area contributed by atoms with Crippen LogP contribution in [0.2, 0.25) is 0 Å². The Morgan fingerprint density at radius 1 is 1.10 bits per heavy atom. The molecular weight excluding hydrogens is 246 g/mol. The van der Waals surface area contributed by atoms with Crippen LogP contribution in [0.15, 0.2) is 0 Å². The van der Waals surface area contributed by atoms with Gasteiger partial charge in [0.15, 0.2) is 0 Å². The van der Waals surface area contributed by atoms with Gasteiger partial charge in [-0.1, -0.05) is 26.7 Å². The summed E-state index contributed by atoms with van der Waals surface area (Å²) in [4.78, 5) is 5.47. The van der Waals surface area contributed by atoms with Gasteiger partial charge in [-0.2, -0.15) is 0 Å². The Hall–Kier alpha value is -0.120. The van der Waals surface area contributed by atoms with E-state index < -0.39 is 0 Å². The van der Waals surface area contributed by atoms with Crippen molar-refractivity contribution in [2.24, 2.45) is 17.6 Å². The third-order valence-corrected chi connectivity index (χ3v) is 7.10. The smallest absolute Gasteiger partial charge is 0.0360 e. The van der Waals surface area contributed by atoms with Crippen molar-refractivity contribution in [1.29, 1.82) is 0 Å². The Morgan fingerprint density at radius 2 is 1.85 bits per heavy atom. The van der Waals surface area contributed by atoms with Gasteiger partial charge in [-0.25, -0.2) is 0 Å². The molecule has 3 rings (SSSR count). The summed E-state index contributed by atoms with van der Waals surface area (Å²) in [6.07, 6.45) is 8.22. The zero-order valence-corrected chi connectivity index (χ0v) is 13.6. The third kappa shape index (κ3) is 2.22. The third-order valence-electron chi connectivity index (χ3n) is 7.10. The Kier molecular flexibility index (Phi) is 4.13. The molecule has 0 aromatic rings. The van der Waals surface area contributed by atoms with Gasteiger partial charge in [0.25, 0.3) is 0 Å². The fourth-order valence-electron chi connectivity index (χ4n) is 5.31. The predicted molar refractivity (Wildman–Crippen MR) is 84.7 cm³/mol. The lowest BCUT2D eigenvalue weighted by Gasteiger charge is -2.53. The summed E-state index contributed by atoms with van der Waals surface area (Å²) in [6.45, 7) is 8.26. The number of rotatable bonds is 2. The van der Waals surface area contributed by atoms with Crippen LogP contribution in [0.4, 0.5) is 0 Å². The molecule has 20 heavy (non-hydrogen) atoms. The summed E-state index contributed by atoms with van der Waals surface area (Å²) >= 11 is 0. The van der Waals surface area contributed by atoms with E-state index in [4.69, 9.17) is 5.73 Å². The van der Waals surface area contributed by atoms with Crippen LogP contribution in [0.5, 0.6) is 0 Å². The molecular formula is C17H33N3. The van der Waals surface area contributed by atoms with Gasteiger partial charge >= 0.3 is 0 Å². The fourth-order valence-corrected chi connectivity index (χ4v) is 5.31. The van der Waals surface area contributed by atoms with E-state index in [-0.39, 0.29) is 5.54 Å². The molecule has 0 amide bonds. The molecule has 2 heterocycles. The van der Waals surface area contributed by atoms with Crippen LogP contribution in [0.25, 0.3) is 0 Å². The molecule has 0 aromatic carbocycles.